The van der Waals surface area contributed by atoms with Gasteiger partial charge in [0.05, 0.1) is 25.1 Å². The first-order valence-corrected chi connectivity index (χ1v) is 14.4. The highest BCUT2D eigenvalue weighted by molar-refractivity contribution is 7.82. The first kappa shape index (κ1) is 30.6. The molecule has 0 saturated carbocycles. The molecule has 39 heavy (non-hydrogen) atoms. The summed E-state index contributed by atoms with van der Waals surface area (Å²) in [6.45, 7) is 6.07. The average Bonchev–Trinajstić information content (AvgIpc) is 2.91. The Hall–Kier alpha value is -2.95. The lowest BCUT2D eigenvalue weighted by Crippen LogP contribution is -2.42. The Kier molecular flexibility index (Phi) is 10.9. The summed E-state index contributed by atoms with van der Waals surface area (Å²) in [4.78, 5) is 32.1. The Morgan fingerprint density at radius 3 is 2.15 bits per heavy atom. The maximum Gasteiger partial charge on any atom is 0.242 e. The highest BCUT2D eigenvalue weighted by Crippen LogP contribution is 2.26. The van der Waals surface area contributed by atoms with Crippen LogP contribution in [0.3, 0.4) is 0 Å². The van der Waals surface area contributed by atoms with Crippen LogP contribution in [0.5, 0.6) is 5.75 Å². The number of carbonyl (C=O) groups is 2. The Morgan fingerprint density at radius 1 is 1.03 bits per heavy atom. The van der Waals surface area contributed by atoms with E-state index in [4.69, 9.17) is 4.74 Å². The Bertz CT molecular complexity index is 1140. The topological polar surface area (TPSA) is 85.4 Å². The second kappa shape index (κ2) is 13.9. The van der Waals surface area contributed by atoms with Gasteiger partial charge < -0.3 is 24.8 Å². The zero-order valence-corrected chi connectivity index (χ0v) is 25.1. The van der Waals surface area contributed by atoms with E-state index in [1.165, 1.54) is 9.99 Å². The molecule has 2 aromatic rings. The van der Waals surface area contributed by atoms with E-state index in [1.54, 1.807) is 26.1 Å². The van der Waals surface area contributed by atoms with E-state index in [-0.39, 0.29) is 24.9 Å². The van der Waals surface area contributed by atoms with Crippen molar-refractivity contribution in [2.24, 2.45) is 0 Å². The molecule has 0 aliphatic carbocycles. The fourth-order valence-corrected chi connectivity index (χ4v) is 6.12. The zero-order chi connectivity index (χ0) is 28.7. The second-order valence-electron chi connectivity index (χ2n) is 10.5. The lowest BCUT2D eigenvalue weighted by molar-refractivity contribution is -0.132. The normalized spacial score (nSPS) is 14.9. The molecule has 0 spiro atoms. The van der Waals surface area contributed by atoms with E-state index in [0.29, 0.717) is 23.2 Å². The third-order valence-electron chi connectivity index (χ3n) is 7.27. The smallest absolute Gasteiger partial charge is 0.242 e. The molecule has 2 aromatic carbocycles. The molecule has 1 saturated heterocycles. The van der Waals surface area contributed by atoms with Gasteiger partial charge in [0.1, 0.15) is 16.7 Å². The monoisotopic (exact) mass is 557 g/mol. The molecular weight excluding hydrogens is 514 g/mol. The first-order chi connectivity index (χ1) is 18.5. The summed E-state index contributed by atoms with van der Waals surface area (Å²) >= 11 is 0. The number of amides is 2. The molecule has 1 aliphatic heterocycles. The zero-order valence-electron chi connectivity index (χ0n) is 24.3. The summed E-state index contributed by atoms with van der Waals surface area (Å²) in [6, 6.07) is 12.6. The van der Waals surface area contributed by atoms with Gasteiger partial charge in [0.15, 0.2) is 0 Å². The number of hydrogen-bond donors (Lipinski definition) is 1. The number of anilines is 1. The van der Waals surface area contributed by atoms with Crippen LogP contribution in [-0.4, -0.2) is 97.6 Å². The van der Waals surface area contributed by atoms with Gasteiger partial charge in [-0.3, -0.25) is 9.59 Å². The molecule has 1 N–H and O–H groups in total. The molecule has 0 radical (unpaired) electrons. The van der Waals surface area contributed by atoms with E-state index in [2.05, 4.69) is 53.5 Å². The minimum absolute atomic E-state index is 0.0955. The van der Waals surface area contributed by atoms with Crippen molar-refractivity contribution in [2.45, 2.75) is 44.2 Å². The van der Waals surface area contributed by atoms with Crippen LogP contribution in [0, 0.1) is 13.8 Å². The summed E-state index contributed by atoms with van der Waals surface area (Å²) in [7, 11) is 7.71. The van der Waals surface area contributed by atoms with E-state index < -0.39 is 11.0 Å². The number of nitrogens with one attached hydrogen (secondary N) is 1. The minimum atomic E-state index is -1.52. The fraction of sp³-hybridized carbons (Fsp3) is 0.517. The molecule has 1 unspecified atom stereocenters. The number of piperidine rings is 1. The molecule has 1 heterocycles. The molecule has 1 atom stereocenters. The van der Waals surface area contributed by atoms with Crippen LogP contribution in [-0.2, 0) is 27.1 Å². The van der Waals surface area contributed by atoms with Gasteiger partial charge in [-0.1, -0.05) is 12.1 Å². The van der Waals surface area contributed by atoms with Crippen LogP contribution >= 0.6 is 0 Å². The molecule has 1 aliphatic rings. The van der Waals surface area contributed by atoms with Gasteiger partial charge in [-0.05, 0) is 81.7 Å². The first-order valence-electron chi connectivity index (χ1n) is 13.3. The highest BCUT2D eigenvalue weighted by Gasteiger charge is 2.22. The molecule has 1 fully saturated rings. The molecule has 3 rings (SSSR count). The van der Waals surface area contributed by atoms with E-state index in [1.807, 2.05) is 26.0 Å². The maximum atomic E-state index is 13.1. The van der Waals surface area contributed by atoms with Crippen LogP contribution in [0.15, 0.2) is 41.3 Å². The number of rotatable bonds is 11. The van der Waals surface area contributed by atoms with Crippen LogP contribution < -0.4 is 15.0 Å². The van der Waals surface area contributed by atoms with E-state index >= 15 is 0 Å². The maximum absolute atomic E-state index is 13.1. The van der Waals surface area contributed by atoms with Gasteiger partial charge in [-0.15, -0.1) is 0 Å². The van der Waals surface area contributed by atoms with Crippen LogP contribution in [0.2, 0.25) is 0 Å². The van der Waals surface area contributed by atoms with Crippen molar-refractivity contribution < 1.29 is 18.5 Å². The lowest BCUT2D eigenvalue weighted by atomic mass is 10.0. The average molecular weight is 558 g/mol. The molecule has 2 amide bonds. The summed E-state index contributed by atoms with van der Waals surface area (Å²) in [5, 5.41) is 2.66. The third kappa shape index (κ3) is 8.27. The van der Waals surface area contributed by atoms with Crippen molar-refractivity contribution in [3.63, 3.8) is 0 Å². The predicted molar refractivity (Wildman–Crippen MR) is 156 cm³/mol. The van der Waals surface area contributed by atoms with Gasteiger partial charge >= 0.3 is 0 Å². The largest absolute Gasteiger partial charge is 0.497 e. The van der Waals surface area contributed by atoms with Crippen molar-refractivity contribution >= 4 is 28.5 Å². The molecule has 10 heteroatoms. The molecular formula is C29H43N5O4S. The molecule has 0 bridgehead atoms. The number of likely N-dealkylation sites (N-methyl/N-ethyl adjacent to an activating group) is 2. The SMILES string of the molecule is COc1cc(C)c(S(=O)N(C)CC(=O)NCC(=O)N(C)Cc2ccc(N3CCC(N(C)C)CC3)cc2)c(C)c1. The van der Waals surface area contributed by atoms with Crippen molar-refractivity contribution in [2.75, 3.05) is 66.4 Å². The van der Waals surface area contributed by atoms with Gasteiger partial charge in [-0.2, -0.15) is 0 Å². The summed E-state index contributed by atoms with van der Waals surface area (Å²) < 4.78 is 19.8. The Balaban J connectivity index is 1.45. The molecule has 214 valence electrons. The van der Waals surface area contributed by atoms with Crippen molar-refractivity contribution in [1.29, 1.82) is 0 Å². The van der Waals surface area contributed by atoms with Crippen LogP contribution in [0.4, 0.5) is 5.69 Å². The fourth-order valence-electron chi connectivity index (χ4n) is 4.90. The molecule has 9 nitrogen and oxygen atoms in total. The summed E-state index contributed by atoms with van der Waals surface area (Å²) in [6.07, 6.45) is 2.31. The van der Waals surface area contributed by atoms with Gasteiger partial charge in [0, 0.05) is 45.5 Å². The lowest BCUT2D eigenvalue weighted by Gasteiger charge is -2.36. The van der Waals surface area contributed by atoms with Crippen molar-refractivity contribution in [3.05, 3.63) is 53.1 Å². The summed E-state index contributed by atoms with van der Waals surface area (Å²) in [5.41, 5.74) is 3.90. The number of aryl methyl sites for hydroxylation is 2. The van der Waals surface area contributed by atoms with E-state index in [9.17, 15) is 13.8 Å². The van der Waals surface area contributed by atoms with Gasteiger partial charge in [0.2, 0.25) is 11.8 Å². The number of carbonyl (C=O) groups excluding carboxylic acids is 2. The van der Waals surface area contributed by atoms with Gasteiger partial charge in [-0.25, -0.2) is 8.51 Å². The highest BCUT2D eigenvalue weighted by atomic mass is 32.2. The van der Waals surface area contributed by atoms with Crippen molar-refractivity contribution in [1.82, 2.24) is 19.4 Å². The Labute approximate surface area is 235 Å². The quantitative estimate of drug-likeness (QED) is 0.457. The van der Waals surface area contributed by atoms with Gasteiger partial charge in [0.25, 0.3) is 0 Å². The van der Waals surface area contributed by atoms with Crippen LogP contribution in [0.1, 0.15) is 29.5 Å². The Morgan fingerprint density at radius 2 is 1.62 bits per heavy atom. The minimum Gasteiger partial charge on any atom is -0.497 e. The second-order valence-corrected chi connectivity index (χ2v) is 12.0. The third-order valence-corrected chi connectivity index (χ3v) is 8.96. The van der Waals surface area contributed by atoms with Crippen LogP contribution in [0.25, 0.3) is 0 Å². The summed E-state index contributed by atoms with van der Waals surface area (Å²) in [5.74, 6) is 0.146. The van der Waals surface area contributed by atoms with E-state index in [0.717, 1.165) is 42.6 Å². The number of ether oxygens (including phenoxy) is 1. The standard InChI is InChI=1S/C29H43N5O4S/c1-21-16-26(38-7)17-22(2)29(21)39(37)33(6)20-27(35)30-18-28(36)32(5)19-23-8-10-25(11-9-23)34-14-12-24(13-15-34)31(3)4/h8-11,16-17,24H,12-15,18-20H2,1-7H3,(H,30,35). The number of hydrogen-bond acceptors (Lipinski definition) is 6. The number of methoxy groups -OCH3 is 1. The predicted octanol–water partition coefficient (Wildman–Crippen LogP) is 2.57. The molecule has 0 aromatic heterocycles. The number of nitrogens with zero attached hydrogens (tertiary/aromatic N) is 4. The number of benzene rings is 2. The van der Waals surface area contributed by atoms with Crippen molar-refractivity contribution in [3.8, 4) is 5.75 Å².